The summed E-state index contributed by atoms with van der Waals surface area (Å²) in [5, 5.41) is -1.05. The molecule has 14 heteroatoms. The van der Waals surface area contributed by atoms with Crippen molar-refractivity contribution in [2.75, 3.05) is 0 Å². The summed E-state index contributed by atoms with van der Waals surface area (Å²) < 4.78 is 95.6. The fraction of sp³-hybridized carbons (Fsp3) is 0.241. The van der Waals surface area contributed by atoms with Crippen molar-refractivity contribution in [3.05, 3.63) is 107 Å². The van der Waals surface area contributed by atoms with E-state index in [0.29, 0.717) is 22.9 Å². The summed E-state index contributed by atoms with van der Waals surface area (Å²) in [4.78, 5) is 18.6. The van der Waals surface area contributed by atoms with Crippen LogP contribution in [-0.4, -0.2) is 32.7 Å². The molecule has 0 radical (unpaired) electrons. The molecular weight excluding hydrogens is 605 g/mol. The molecule has 0 bridgehead atoms. The summed E-state index contributed by atoms with van der Waals surface area (Å²) in [6.07, 6.45) is -2.53. The number of carbonyl (C=O) groups excluding carboxylic acids is 1. The smallest absolute Gasteiger partial charge is 0.341 e. The molecule has 0 saturated carbocycles. The molecule has 43 heavy (non-hydrogen) atoms. The van der Waals surface area contributed by atoms with Gasteiger partial charge in [-0.15, -0.1) is 0 Å². The average molecular weight is 633 g/mol. The molecule has 2 heterocycles. The van der Waals surface area contributed by atoms with Crippen LogP contribution < -0.4 is 9.44 Å². The Morgan fingerprint density at radius 2 is 1.70 bits per heavy atom. The summed E-state index contributed by atoms with van der Waals surface area (Å²) in [6.45, 7) is 2.03. The molecule has 3 aromatic carbocycles. The SMILES string of the molecule is CCc1ccc(-c2cnc(C(Cc3ccc(C4CC(=O)NS4(=O)=O)cc3)NS(=O)(=O)c3cccc(C(F)(F)F)c3)[nH]2)cc1. The first-order valence-electron chi connectivity index (χ1n) is 13.2. The van der Waals surface area contributed by atoms with Crippen LogP contribution in [0.15, 0.2) is 83.9 Å². The Labute approximate surface area is 246 Å². The van der Waals surface area contributed by atoms with Gasteiger partial charge in [0.05, 0.1) is 34.8 Å². The number of benzene rings is 3. The minimum absolute atomic E-state index is 0.0226. The Morgan fingerprint density at radius 3 is 2.30 bits per heavy atom. The summed E-state index contributed by atoms with van der Waals surface area (Å²) in [5.41, 5.74) is 2.41. The van der Waals surface area contributed by atoms with E-state index in [-0.39, 0.29) is 18.7 Å². The summed E-state index contributed by atoms with van der Waals surface area (Å²) >= 11 is 0. The van der Waals surface area contributed by atoms with E-state index in [1.165, 1.54) is 0 Å². The fourth-order valence-electron chi connectivity index (χ4n) is 4.82. The van der Waals surface area contributed by atoms with Gasteiger partial charge in [-0.2, -0.15) is 13.2 Å². The first kappa shape index (κ1) is 30.4. The third-order valence-electron chi connectivity index (χ3n) is 7.16. The first-order valence-corrected chi connectivity index (χ1v) is 16.3. The molecule has 1 aliphatic rings. The molecule has 4 aromatic rings. The quantitative estimate of drug-likeness (QED) is 0.242. The number of nitrogens with zero attached hydrogens (tertiary/aromatic N) is 1. The van der Waals surface area contributed by atoms with E-state index in [2.05, 4.69) is 14.7 Å². The Kier molecular flexibility index (Phi) is 8.20. The number of imidazole rings is 1. The maximum absolute atomic E-state index is 13.3. The molecule has 2 unspecified atom stereocenters. The van der Waals surface area contributed by atoms with E-state index in [1.54, 1.807) is 30.5 Å². The molecule has 3 N–H and O–H groups in total. The second-order valence-corrected chi connectivity index (χ2v) is 13.7. The number of halogens is 3. The van der Waals surface area contributed by atoms with Crippen LogP contribution in [-0.2, 0) is 43.9 Å². The van der Waals surface area contributed by atoms with Gasteiger partial charge in [0.1, 0.15) is 11.1 Å². The van der Waals surface area contributed by atoms with E-state index >= 15 is 0 Å². The maximum Gasteiger partial charge on any atom is 0.416 e. The molecule has 1 fully saturated rings. The summed E-state index contributed by atoms with van der Waals surface area (Å²) in [5.74, 6) is -0.376. The average Bonchev–Trinajstić information content (AvgIpc) is 3.56. The lowest BCUT2D eigenvalue weighted by atomic mass is 10.0. The Balaban J connectivity index is 1.46. The first-order chi connectivity index (χ1) is 20.2. The van der Waals surface area contributed by atoms with Gasteiger partial charge in [0.15, 0.2) is 0 Å². The topological polar surface area (TPSA) is 138 Å². The summed E-state index contributed by atoms with van der Waals surface area (Å²) in [6, 6.07) is 16.4. The Hall–Kier alpha value is -4.01. The van der Waals surface area contributed by atoms with Crippen LogP contribution >= 0.6 is 0 Å². The second kappa shape index (κ2) is 11.6. The number of aryl methyl sites for hydroxylation is 1. The molecular formula is C29H27F3N4O5S2. The monoisotopic (exact) mass is 632 g/mol. The fourth-order valence-corrected chi connectivity index (χ4v) is 7.49. The lowest BCUT2D eigenvalue weighted by Gasteiger charge is -2.18. The number of rotatable bonds is 9. The van der Waals surface area contributed by atoms with Crippen LogP contribution in [0.1, 0.15) is 52.7 Å². The normalized spacial score (nSPS) is 17.5. The van der Waals surface area contributed by atoms with Crippen LogP contribution in [0.2, 0.25) is 0 Å². The van der Waals surface area contributed by atoms with Crippen molar-refractivity contribution in [3.63, 3.8) is 0 Å². The largest absolute Gasteiger partial charge is 0.416 e. The zero-order valence-corrected chi connectivity index (χ0v) is 24.4. The highest BCUT2D eigenvalue weighted by atomic mass is 32.2. The zero-order valence-electron chi connectivity index (χ0n) is 22.7. The maximum atomic E-state index is 13.3. The molecule has 1 aliphatic heterocycles. The molecule has 1 amide bonds. The molecule has 2 atom stereocenters. The zero-order chi connectivity index (χ0) is 31.0. The van der Waals surface area contributed by atoms with Gasteiger partial charge in [0.2, 0.25) is 26.0 Å². The predicted molar refractivity (Wildman–Crippen MR) is 152 cm³/mol. The standard InChI is InChI=1S/C29H27F3N4O5S2/c1-2-18-6-10-20(11-7-18)25-17-33-28(34-25)24(35-42(38,39)23-5-3-4-22(15-23)29(30,31)32)14-19-8-12-21(13-9-19)26-16-27(37)36-43(26,40)41/h3-13,15,17,24,26,35H,2,14,16H2,1H3,(H,33,34)(H,36,37). The van der Waals surface area contributed by atoms with Crippen molar-refractivity contribution in [2.24, 2.45) is 0 Å². The second-order valence-electron chi connectivity index (χ2n) is 10.1. The van der Waals surface area contributed by atoms with E-state index in [0.717, 1.165) is 35.7 Å². The van der Waals surface area contributed by atoms with Crippen LogP contribution in [0.25, 0.3) is 11.3 Å². The molecule has 1 saturated heterocycles. The van der Waals surface area contributed by atoms with Crippen molar-refractivity contribution >= 4 is 26.0 Å². The lowest BCUT2D eigenvalue weighted by Crippen LogP contribution is -2.31. The highest BCUT2D eigenvalue weighted by molar-refractivity contribution is 7.90. The van der Waals surface area contributed by atoms with Gasteiger partial charge in [-0.25, -0.2) is 26.5 Å². The number of nitrogens with one attached hydrogen (secondary N) is 3. The molecule has 226 valence electrons. The molecule has 0 spiro atoms. The number of alkyl halides is 3. The third kappa shape index (κ3) is 6.81. The minimum Gasteiger partial charge on any atom is -0.341 e. The third-order valence-corrected chi connectivity index (χ3v) is 10.3. The van der Waals surface area contributed by atoms with Crippen molar-refractivity contribution in [1.29, 1.82) is 0 Å². The number of hydrogen-bond acceptors (Lipinski definition) is 6. The van der Waals surface area contributed by atoms with Crippen molar-refractivity contribution in [3.8, 4) is 11.3 Å². The highest BCUT2D eigenvalue weighted by Gasteiger charge is 2.38. The number of sulfonamides is 2. The van der Waals surface area contributed by atoms with Gasteiger partial charge in [0.25, 0.3) is 0 Å². The van der Waals surface area contributed by atoms with Crippen molar-refractivity contribution < 1.29 is 34.8 Å². The number of carbonyl (C=O) groups is 1. The van der Waals surface area contributed by atoms with Crippen LogP contribution in [0.3, 0.4) is 0 Å². The van der Waals surface area contributed by atoms with Crippen LogP contribution in [0.4, 0.5) is 13.2 Å². The number of H-pyrrole nitrogens is 1. The van der Waals surface area contributed by atoms with E-state index < -0.39 is 53.9 Å². The van der Waals surface area contributed by atoms with Crippen LogP contribution in [0.5, 0.6) is 0 Å². The van der Waals surface area contributed by atoms with E-state index in [1.807, 2.05) is 35.9 Å². The van der Waals surface area contributed by atoms with E-state index in [9.17, 15) is 34.8 Å². The predicted octanol–water partition coefficient (Wildman–Crippen LogP) is 4.81. The van der Waals surface area contributed by atoms with E-state index in [4.69, 9.17) is 0 Å². The Morgan fingerprint density at radius 1 is 1.02 bits per heavy atom. The molecule has 1 aromatic heterocycles. The van der Waals surface area contributed by atoms with Gasteiger partial charge >= 0.3 is 6.18 Å². The van der Waals surface area contributed by atoms with Crippen molar-refractivity contribution in [1.82, 2.24) is 19.4 Å². The molecule has 5 rings (SSSR count). The van der Waals surface area contributed by atoms with Crippen LogP contribution in [0, 0.1) is 0 Å². The molecule has 9 nitrogen and oxygen atoms in total. The number of hydrogen-bond donors (Lipinski definition) is 3. The molecule has 0 aliphatic carbocycles. The highest BCUT2D eigenvalue weighted by Crippen LogP contribution is 2.32. The van der Waals surface area contributed by atoms with Crippen molar-refractivity contribution in [2.45, 2.75) is 48.5 Å². The van der Waals surface area contributed by atoms with Gasteiger partial charge < -0.3 is 4.98 Å². The Bertz CT molecular complexity index is 1850. The van der Waals surface area contributed by atoms with Gasteiger partial charge in [-0.05, 0) is 53.3 Å². The lowest BCUT2D eigenvalue weighted by molar-refractivity contribution is -0.137. The number of aromatic nitrogens is 2. The minimum atomic E-state index is -4.73. The number of amides is 1. The number of aromatic amines is 1. The van der Waals surface area contributed by atoms with Gasteiger partial charge in [0, 0.05) is 0 Å². The van der Waals surface area contributed by atoms with Gasteiger partial charge in [-0.1, -0.05) is 61.5 Å². The summed E-state index contributed by atoms with van der Waals surface area (Å²) in [7, 11) is -8.30. The van der Waals surface area contributed by atoms with Gasteiger partial charge in [-0.3, -0.25) is 9.52 Å².